The molecular weight excluding hydrogens is 570 g/mol. The second kappa shape index (κ2) is 11.5. The molecule has 1 aliphatic heterocycles. The molecule has 1 saturated carbocycles. The molecule has 7 N–H and O–H groups in total. The van der Waals surface area contributed by atoms with Crippen LogP contribution in [0.4, 0.5) is 5.69 Å². The van der Waals surface area contributed by atoms with Crippen LogP contribution in [-0.2, 0) is 32.1 Å². The van der Waals surface area contributed by atoms with E-state index in [2.05, 4.69) is 5.32 Å². The van der Waals surface area contributed by atoms with Crippen molar-refractivity contribution >= 4 is 34.8 Å². The Balaban J connectivity index is 0.00000442. The first-order chi connectivity index (χ1) is 20.1. The van der Waals surface area contributed by atoms with Crippen LogP contribution in [0.15, 0.2) is 23.0 Å². The third-order valence-corrected chi connectivity index (χ3v) is 9.53. The lowest BCUT2D eigenvalue weighted by Gasteiger charge is -2.50. The summed E-state index contributed by atoms with van der Waals surface area (Å²) in [5, 5.41) is 48.7. The number of amides is 2. The van der Waals surface area contributed by atoms with Gasteiger partial charge in [0.05, 0.1) is 17.6 Å². The molecule has 44 heavy (non-hydrogen) atoms. The maximum Gasteiger partial charge on any atom is 0.255 e. The number of hydrogen-bond acceptors (Lipinski definition) is 11. The lowest BCUT2D eigenvalue weighted by atomic mass is 9.57. The highest BCUT2D eigenvalue weighted by Gasteiger charge is 2.64. The van der Waals surface area contributed by atoms with E-state index >= 15 is 0 Å². The van der Waals surface area contributed by atoms with Gasteiger partial charge in [0.15, 0.2) is 11.4 Å². The summed E-state index contributed by atoms with van der Waals surface area (Å²) >= 11 is 0. The summed E-state index contributed by atoms with van der Waals surface area (Å²) in [6, 6.07) is 0.299. The lowest BCUT2D eigenvalue weighted by molar-refractivity contribution is -0.153. The average molecular weight is 614 g/mol. The zero-order valence-electron chi connectivity index (χ0n) is 25.0. The van der Waals surface area contributed by atoms with Crippen LogP contribution in [0.2, 0.25) is 0 Å². The number of aromatic hydroxyl groups is 1. The predicted molar refractivity (Wildman–Crippen MR) is 163 cm³/mol. The van der Waals surface area contributed by atoms with Crippen LogP contribution in [0.3, 0.4) is 0 Å². The minimum atomic E-state index is -2.70. The molecule has 0 aromatic heterocycles. The molecule has 3 aliphatic carbocycles. The molecule has 5 rings (SSSR count). The number of hydrogen-bond donors (Lipinski definition) is 6. The minimum Gasteiger partial charge on any atom is -0.508 e. The number of nitrogens with zero attached hydrogens (tertiary/aromatic N) is 3. The van der Waals surface area contributed by atoms with Crippen LogP contribution < -0.4 is 16.0 Å². The minimum absolute atomic E-state index is 0. The first-order valence-electron chi connectivity index (χ1n) is 14.3. The highest BCUT2D eigenvalue weighted by atomic mass is 16.3. The Hall–Kier alpha value is -3.94. The van der Waals surface area contributed by atoms with Gasteiger partial charge in [-0.25, -0.2) is 0 Å². The van der Waals surface area contributed by atoms with Crippen molar-refractivity contribution < 1.29 is 39.6 Å². The van der Waals surface area contributed by atoms with E-state index in [0.717, 1.165) is 19.4 Å². The van der Waals surface area contributed by atoms with Crippen LogP contribution >= 0.6 is 0 Å². The van der Waals surface area contributed by atoms with Gasteiger partial charge in [-0.2, -0.15) is 0 Å². The van der Waals surface area contributed by atoms with Crippen LogP contribution in [0.1, 0.15) is 43.4 Å². The van der Waals surface area contributed by atoms with Gasteiger partial charge < -0.3 is 36.4 Å². The molecule has 1 heterocycles. The highest BCUT2D eigenvalue weighted by molar-refractivity contribution is 6.24. The van der Waals surface area contributed by atoms with Gasteiger partial charge in [0.1, 0.15) is 22.8 Å². The Morgan fingerprint density at radius 1 is 1.16 bits per heavy atom. The van der Waals surface area contributed by atoms with E-state index in [0.29, 0.717) is 16.8 Å². The molecule has 13 nitrogen and oxygen atoms in total. The van der Waals surface area contributed by atoms with E-state index in [4.69, 9.17) is 5.73 Å². The second-order valence-corrected chi connectivity index (χ2v) is 12.5. The molecule has 0 spiro atoms. The summed E-state index contributed by atoms with van der Waals surface area (Å²) < 4.78 is 0. The van der Waals surface area contributed by atoms with E-state index in [1.165, 1.54) is 4.90 Å². The van der Waals surface area contributed by atoms with Gasteiger partial charge in [0.25, 0.3) is 5.91 Å². The molecule has 0 radical (unpaired) electrons. The number of likely N-dealkylation sites (tertiary alicyclic amines) is 1. The van der Waals surface area contributed by atoms with E-state index in [-0.39, 0.29) is 55.6 Å². The van der Waals surface area contributed by atoms with E-state index in [1.807, 2.05) is 11.9 Å². The monoisotopic (exact) mass is 613 g/mol. The number of aliphatic hydroxyl groups is 3. The number of rotatable bonds is 6. The van der Waals surface area contributed by atoms with Crippen LogP contribution in [-0.4, -0.2) is 113 Å². The Bertz CT molecular complexity index is 1500. The summed E-state index contributed by atoms with van der Waals surface area (Å²) in [4.78, 5) is 57.6. The molecule has 1 saturated heterocycles. The number of carbonyl (C=O) groups is 4. The molecule has 2 amide bonds. The van der Waals surface area contributed by atoms with Crippen molar-refractivity contribution in [1.82, 2.24) is 15.1 Å². The molecule has 5 atom stereocenters. The summed E-state index contributed by atoms with van der Waals surface area (Å²) in [6.45, 7) is 0.777. The topological polar surface area (TPSA) is 197 Å². The molecule has 4 aliphatic rings. The fourth-order valence-corrected chi connectivity index (χ4v) is 7.42. The van der Waals surface area contributed by atoms with Crippen molar-refractivity contribution in [3.63, 3.8) is 0 Å². The number of nitrogens with two attached hydrogens (primary N) is 1. The van der Waals surface area contributed by atoms with Crippen molar-refractivity contribution in [3.05, 3.63) is 39.7 Å². The summed E-state index contributed by atoms with van der Waals surface area (Å²) in [7, 11) is 8.57. The molecule has 2 fully saturated rings. The number of phenols is 1. The Kier molecular flexibility index (Phi) is 8.64. The number of phenolic OH excluding ortho intramolecular Hbond substituents is 1. The van der Waals surface area contributed by atoms with Crippen LogP contribution in [0.5, 0.6) is 5.75 Å². The number of primary amides is 1. The van der Waals surface area contributed by atoms with Gasteiger partial charge in [-0.3, -0.25) is 29.0 Å². The molecule has 240 valence electrons. The fraction of sp³-hybridized carbons (Fsp3) is 0.548. The average Bonchev–Trinajstić information content (AvgIpc) is 3.35. The maximum absolute atomic E-state index is 14.1. The number of fused-ring (bicyclic) bond motifs is 3. The number of aliphatic hydroxyl groups excluding tert-OH is 2. The third-order valence-electron chi connectivity index (χ3n) is 9.53. The Morgan fingerprint density at radius 3 is 2.36 bits per heavy atom. The van der Waals surface area contributed by atoms with E-state index in [9.17, 15) is 39.6 Å². The summed E-state index contributed by atoms with van der Waals surface area (Å²) in [5.74, 6) is -7.18. The predicted octanol–water partition coefficient (Wildman–Crippen LogP) is 0.377. The van der Waals surface area contributed by atoms with Crippen molar-refractivity contribution in [3.8, 4) is 5.75 Å². The van der Waals surface area contributed by atoms with Crippen molar-refractivity contribution in [2.45, 2.75) is 57.3 Å². The number of Topliss-reactive ketones (excluding diaryl/α,β-unsaturated/α-hetero) is 2. The number of likely N-dealkylation sites (N-methyl/N-ethyl adjacent to an activating group) is 2. The number of nitrogens with one attached hydrogen (secondary N) is 1. The zero-order valence-corrected chi connectivity index (χ0v) is 25.0. The Morgan fingerprint density at radius 2 is 1.82 bits per heavy atom. The molecule has 1 aromatic carbocycles. The second-order valence-electron chi connectivity index (χ2n) is 12.5. The fourth-order valence-electron chi connectivity index (χ4n) is 7.42. The van der Waals surface area contributed by atoms with Gasteiger partial charge in [0, 0.05) is 43.4 Å². The molecule has 0 bridgehead atoms. The van der Waals surface area contributed by atoms with Gasteiger partial charge in [-0.1, -0.05) is 7.43 Å². The molecular formula is C31H43N5O8. The standard InChI is InChI=1S/C30H39N5O8.CH4/c1-33(2)18-11-14(12-32-29(42)17-7-6-8-35(17)5)23(36)20-15(18)9-13-10-16-22(34(3)4)25(38)21(28(31)41)27(40)30(16,43)26(39)19(13)24(20)37;/h11,13,16-17,22,36-37,40,43H,6-10,12H2,1-5H3,(H2,31,41)(H,32,42);1H4/t13-,16-,17-,22+,30-;/m0./s1. The van der Waals surface area contributed by atoms with E-state index < -0.39 is 58.0 Å². The highest BCUT2D eigenvalue weighted by Crippen LogP contribution is 2.54. The maximum atomic E-state index is 14.1. The van der Waals surface area contributed by atoms with Crippen molar-refractivity contribution in [2.75, 3.05) is 46.7 Å². The SMILES string of the molecule is C.CN(C)c1cc(CNC(=O)[C@@H]2CCCN2C)c(O)c2c1C[C@H]1C[C@H]3[C@@H](N(C)C)C(=O)C(C(N)=O)=C(O)[C@@]3(O)C(=O)C1=C2O. The summed E-state index contributed by atoms with van der Waals surface area (Å²) in [5.41, 5.74) is 3.12. The van der Waals surface area contributed by atoms with Crippen LogP contribution in [0.25, 0.3) is 5.76 Å². The van der Waals surface area contributed by atoms with Crippen molar-refractivity contribution in [2.24, 2.45) is 17.6 Å². The quantitative estimate of drug-likeness (QED) is 0.243. The number of ketones is 2. The molecule has 13 heteroatoms. The smallest absolute Gasteiger partial charge is 0.255 e. The van der Waals surface area contributed by atoms with Gasteiger partial charge in [-0.15, -0.1) is 0 Å². The summed E-state index contributed by atoms with van der Waals surface area (Å²) in [6.07, 6.45) is 1.81. The normalized spacial score (nSPS) is 28.3. The van der Waals surface area contributed by atoms with Crippen LogP contribution in [0, 0.1) is 11.8 Å². The van der Waals surface area contributed by atoms with E-state index in [1.54, 1.807) is 39.2 Å². The lowest BCUT2D eigenvalue weighted by Crippen LogP contribution is -2.65. The zero-order chi connectivity index (χ0) is 31.7. The number of anilines is 1. The first-order valence-corrected chi connectivity index (χ1v) is 14.3. The Labute approximate surface area is 256 Å². The molecule has 0 unspecified atom stereocenters. The number of carbonyl (C=O) groups excluding carboxylic acids is 4. The van der Waals surface area contributed by atoms with Crippen molar-refractivity contribution in [1.29, 1.82) is 0 Å². The van der Waals surface area contributed by atoms with Gasteiger partial charge in [-0.05, 0) is 70.9 Å². The first kappa shape index (κ1) is 33.0. The molecule has 1 aromatic rings. The van der Waals surface area contributed by atoms with Gasteiger partial charge in [0.2, 0.25) is 11.7 Å². The third kappa shape index (κ3) is 4.74. The largest absolute Gasteiger partial charge is 0.508 e. The number of benzene rings is 1. The van der Waals surface area contributed by atoms with Gasteiger partial charge >= 0.3 is 0 Å².